The van der Waals surface area contributed by atoms with Crippen molar-refractivity contribution in [3.63, 3.8) is 0 Å². The Balaban J connectivity index is 0.000000299. The van der Waals surface area contributed by atoms with Gasteiger partial charge in [0.2, 0.25) is 0 Å². The molecule has 1 aromatic heterocycles. The number of aromatic amines is 1. The van der Waals surface area contributed by atoms with Gasteiger partial charge in [0.05, 0.1) is 21.5 Å². The Morgan fingerprint density at radius 1 is 1.20 bits per heavy atom. The van der Waals surface area contributed by atoms with Gasteiger partial charge in [0.1, 0.15) is 5.02 Å². The number of hydrogen-bond donors (Lipinski definition) is 2. The maximum Gasteiger partial charge on any atom is 0.295 e. The van der Waals surface area contributed by atoms with Gasteiger partial charge < -0.3 is 20.0 Å². The third kappa shape index (κ3) is 4.79. The summed E-state index contributed by atoms with van der Waals surface area (Å²) in [6.45, 7) is 1.86. The number of halogens is 2. The van der Waals surface area contributed by atoms with Crippen molar-refractivity contribution in [3.8, 4) is 11.1 Å². The number of benzene rings is 1. The van der Waals surface area contributed by atoms with Crippen LogP contribution in [0.4, 0.5) is 5.69 Å². The Morgan fingerprint density at radius 3 is 2.16 bits per heavy atom. The second kappa shape index (κ2) is 8.11. The first kappa shape index (κ1) is 20.6. The molecule has 2 N–H and O–H groups in total. The molecule has 0 spiro atoms. The summed E-state index contributed by atoms with van der Waals surface area (Å²) >= 11 is 11.7. The first-order valence-electron chi connectivity index (χ1n) is 6.70. The molecule has 0 aliphatic carbocycles. The highest BCUT2D eigenvalue weighted by molar-refractivity contribution is 6.35. The van der Waals surface area contributed by atoms with Gasteiger partial charge in [-0.25, -0.2) is 0 Å². The van der Waals surface area contributed by atoms with Gasteiger partial charge in [-0.15, -0.1) is 0 Å². The fraction of sp³-hybridized carbons (Fsp3) is 0.200. The van der Waals surface area contributed by atoms with E-state index < -0.39 is 22.3 Å². The molecule has 8 nitrogen and oxygen atoms in total. The Bertz CT molecular complexity index is 800. The number of nitro groups is 1. The van der Waals surface area contributed by atoms with E-state index in [9.17, 15) is 24.8 Å². The zero-order chi connectivity index (χ0) is 19.4. The fourth-order valence-corrected chi connectivity index (χ4v) is 2.08. The molecule has 1 unspecified atom stereocenters. The maximum absolute atomic E-state index is 10.9. The number of hydrogen-bond acceptors (Lipinski definition) is 6. The highest BCUT2D eigenvalue weighted by Crippen LogP contribution is 2.38. The van der Waals surface area contributed by atoms with Crippen molar-refractivity contribution in [2.75, 3.05) is 0 Å². The second-order valence-corrected chi connectivity index (χ2v) is 5.84. The van der Waals surface area contributed by atoms with Crippen molar-refractivity contribution in [3.05, 3.63) is 50.8 Å². The zero-order valence-corrected chi connectivity index (χ0v) is 14.6. The molecule has 25 heavy (non-hydrogen) atoms. The van der Waals surface area contributed by atoms with Crippen molar-refractivity contribution in [1.29, 1.82) is 0 Å². The number of nitro benzene ring substituents is 1. The number of aromatic nitrogens is 1. The lowest BCUT2D eigenvalue weighted by Crippen LogP contribution is -2.50. The quantitative estimate of drug-likeness (QED) is 0.467. The molecule has 0 aliphatic rings. The minimum Gasteiger partial charge on any atom is -0.547 e. The zero-order valence-electron chi connectivity index (χ0n) is 13.1. The van der Waals surface area contributed by atoms with Crippen LogP contribution in [0.15, 0.2) is 30.6 Å². The highest BCUT2D eigenvalue weighted by Gasteiger charge is 2.27. The Kier molecular flexibility index (Phi) is 6.69. The van der Waals surface area contributed by atoms with Gasteiger partial charge in [0.25, 0.3) is 5.69 Å². The first-order chi connectivity index (χ1) is 11.5. The van der Waals surface area contributed by atoms with Crippen LogP contribution in [0.5, 0.6) is 0 Å². The van der Waals surface area contributed by atoms with Crippen LogP contribution < -0.4 is 5.11 Å². The van der Waals surface area contributed by atoms with Crippen LogP contribution in [-0.4, -0.2) is 32.4 Å². The Labute approximate surface area is 152 Å². The van der Waals surface area contributed by atoms with Gasteiger partial charge in [-0.3, -0.25) is 14.9 Å². The largest absolute Gasteiger partial charge is 0.547 e. The third-order valence-electron chi connectivity index (χ3n) is 3.24. The lowest BCUT2D eigenvalue weighted by atomic mass is 10.0. The molecule has 134 valence electrons. The smallest absolute Gasteiger partial charge is 0.295 e. The standard InChI is InChI=1S/C10H6Cl2N2O2.C5H8O4/c11-8-3-1-2-6(10(8)14(15)16)7-4-13-5-9(7)12;1-3(6)5(2,9)4(7)8/h1-5,13H;9H,1-2H3,(H,7,8)/p-1. The van der Waals surface area contributed by atoms with E-state index in [2.05, 4.69) is 4.98 Å². The monoisotopic (exact) mass is 387 g/mol. The lowest BCUT2D eigenvalue weighted by Gasteiger charge is -2.19. The van der Waals surface area contributed by atoms with Crippen LogP contribution in [0.25, 0.3) is 11.1 Å². The first-order valence-corrected chi connectivity index (χ1v) is 7.46. The molecule has 0 fully saturated rings. The number of H-pyrrole nitrogens is 1. The van der Waals surface area contributed by atoms with E-state index in [1.807, 2.05) is 0 Å². The number of carboxylic acids is 1. The summed E-state index contributed by atoms with van der Waals surface area (Å²) in [5.41, 5.74) is -1.50. The average molecular weight is 388 g/mol. The van der Waals surface area contributed by atoms with E-state index >= 15 is 0 Å². The third-order valence-corrected chi connectivity index (χ3v) is 3.86. The number of carboxylic acid groups (broad SMARTS) is 1. The summed E-state index contributed by atoms with van der Waals surface area (Å²) in [6, 6.07) is 4.73. The molecule has 0 radical (unpaired) electrons. The predicted molar refractivity (Wildman–Crippen MR) is 89.2 cm³/mol. The van der Waals surface area contributed by atoms with Gasteiger partial charge >= 0.3 is 0 Å². The number of nitrogens with one attached hydrogen (secondary N) is 1. The number of aliphatic carboxylic acids is 1. The SMILES string of the molecule is CC(=O)C(C)(O)C(=O)[O-].O=[N+]([O-])c1c(Cl)cccc1-c1c[nH]cc1Cl. The average Bonchev–Trinajstić information content (AvgIpc) is 2.92. The van der Waals surface area contributed by atoms with Crippen molar-refractivity contribution >= 4 is 40.6 Å². The Morgan fingerprint density at radius 2 is 1.80 bits per heavy atom. The molecule has 0 saturated heterocycles. The number of para-hydroxylation sites is 1. The van der Waals surface area contributed by atoms with Crippen molar-refractivity contribution in [2.45, 2.75) is 19.4 Å². The van der Waals surface area contributed by atoms with Crippen LogP contribution in [0.1, 0.15) is 13.8 Å². The van der Waals surface area contributed by atoms with E-state index in [0.717, 1.165) is 13.8 Å². The van der Waals surface area contributed by atoms with Crippen molar-refractivity contribution in [1.82, 2.24) is 4.98 Å². The van der Waals surface area contributed by atoms with Crippen molar-refractivity contribution < 1.29 is 24.7 Å². The van der Waals surface area contributed by atoms with Gasteiger partial charge in [-0.1, -0.05) is 29.3 Å². The number of rotatable bonds is 4. The molecular weight excluding hydrogens is 375 g/mol. The summed E-state index contributed by atoms with van der Waals surface area (Å²) in [7, 11) is 0. The maximum atomic E-state index is 10.9. The molecule has 2 rings (SSSR count). The molecule has 0 aliphatic heterocycles. The normalized spacial score (nSPS) is 12.5. The second-order valence-electron chi connectivity index (χ2n) is 5.03. The van der Waals surface area contributed by atoms with E-state index in [1.165, 1.54) is 6.07 Å². The van der Waals surface area contributed by atoms with E-state index in [0.29, 0.717) is 16.1 Å². The van der Waals surface area contributed by atoms with Gasteiger partial charge in [0.15, 0.2) is 11.4 Å². The minimum absolute atomic E-state index is 0.0970. The minimum atomic E-state index is -2.33. The van der Waals surface area contributed by atoms with Crippen LogP contribution in [-0.2, 0) is 9.59 Å². The molecule has 0 bridgehead atoms. The summed E-state index contributed by atoms with van der Waals surface area (Å²) in [6.07, 6.45) is 3.16. The Hall–Kier alpha value is -2.42. The molecule has 1 heterocycles. The van der Waals surface area contributed by atoms with E-state index in [4.69, 9.17) is 28.3 Å². The molecule has 1 atom stereocenters. The van der Waals surface area contributed by atoms with E-state index in [1.54, 1.807) is 24.5 Å². The van der Waals surface area contributed by atoms with Crippen LogP contribution in [0, 0.1) is 10.1 Å². The molecular formula is C15H13Cl2N2O6-. The summed E-state index contributed by atoms with van der Waals surface area (Å²) in [5.74, 6) is -2.60. The van der Waals surface area contributed by atoms with Gasteiger partial charge in [0, 0.05) is 18.0 Å². The summed E-state index contributed by atoms with van der Waals surface area (Å²) in [4.78, 5) is 33.3. The van der Waals surface area contributed by atoms with Crippen LogP contribution in [0.3, 0.4) is 0 Å². The molecule has 10 heteroatoms. The van der Waals surface area contributed by atoms with Gasteiger partial charge in [-0.2, -0.15) is 0 Å². The predicted octanol–water partition coefficient (Wildman–Crippen LogP) is 1.97. The lowest BCUT2D eigenvalue weighted by molar-refractivity contribution is -0.384. The number of ketones is 1. The fourth-order valence-electron chi connectivity index (χ4n) is 1.61. The van der Waals surface area contributed by atoms with Crippen molar-refractivity contribution in [2.24, 2.45) is 0 Å². The number of aliphatic hydroxyl groups is 1. The topological polar surface area (TPSA) is 136 Å². The molecule has 0 saturated carbocycles. The number of carbonyl (C=O) groups is 2. The van der Waals surface area contributed by atoms with Crippen LogP contribution >= 0.6 is 23.2 Å². The van der Waals surface area contributed by atoms with Gasteiger partial charge in [-0.05, 0) is 26.0 Å². The van der Waals surface area contributed by atoms with E-state index in [-0.39, 0.29) is 10.7 Å². The number of nitrogens with zero attached hydrogens (tertiary/aromatic N) is 1. The number of carbonyl (C=O) groups excluding carboxylic acids is 2. The molecule has 2 aromatic rings. The summed E-state index contributed by atoms with van der Waals surface area (Å²) < 4.78 is 0. The summed E-state index contributed by atoms with van der Waals surface area (Å²) in [5, 5.41) is 30.0. The number of Topliss-reactive ketones (excluding diaryl/α,β-unsaturated/α-hetero) is 1. The highest BCUT2D eigenvalue weighted by atomic mass is 35.5. The van der Waals surface area contributed by atoms with Crippen LogP contribution in [0.2, 0.25) is 10.0 Å². The molecule has 0 amide bonds. The molecule has 1 aromatic carbocycles.